The van der Waals surface area contributed by atoms with Gasteiger partial charge in [-0.05, 0) is 37.5 Å². The number of nitrogens with one attached hydrogen (secondary N) is 1. The Morgan fingerprint density at radius 3 is 2.63 bits per heavy atom. The second kappa shape index (κ2) is 5.35. The molecule has 0 amide bonds. The number of hydrogen-bond acceptors (Lipinski definition) is 2. The molecule has 100 valence electrons. The lowest BCUT2D eigenvalue weighted by Crippen LogP contribution is -2.20. The van der Waals surface area contributed by atoms with Gasteiger partial charge in [-0.1, -0.05) is 12.2 Å². The molecule has 0 spiro atoms. The van der Waals surface area contributed by atoms with E-state index in [0.29, 0.717) is 5.69 Å². The van der Waals surface area contributed by atoms with Crippen LogP contribution in [0.3, 0.4) is 0 Å². The highest BCUT2D eigenvalue weighted by Crippen LogP contribution is 2.33. The average molecular weight is 266 g/mol. The van der Waals surface area contributed by atoms with Gasteiger partial charge in [-0.15, -0.1) is 0 Å². The Bertz CT molecular complexity index is 526. The van der Waals surface area contributed by atoms with Crippen molar-refractivity contribution in [2.45, 2.75) is 31.5 Å². The lowest BCUT2D eigenvalue weighted by Gasteiger charge is -2.21. The fraction of sp³-hybridized carbons (Fsp3) is 0.357. The van der Waals surface area contributed by atoms with Gasteiger partial charge in [-0.2, -0.15) is 18.4 Å². The van der Waals surface area contributed by atoms with Gasteiger partial charge in [0.05, 0.1) is 17.2 Å². The molecule has 0 aromatic heterocycles. The van der Waals surface area contributed by atoms with Crippen LogP contribution in [0, 0.1) is 11.3 Å². The van der Waals surface area contributed by atoms with E-state index in [1.807, 2.05) is 0 Å². The third kappa shape index (κ3) is 3.28. The molecule has 0 saturated heterocycles. The third-order valence-corrected chi connectivity index (χ3v) is 3.09. The van der Waals surface area contributed by atoms with Crippen LogP contribution < -0.4 is 5.32 Å². The molecule has 0 saturated carbocycles. The Hall–Kier alpha value is -1.96. The number of anilines is 1. The SMILES string of the molecule is N#Cc1cc(NC2CC=CCC2)ccc1C(F)(F)F. The fourth-order valence-electron chi connectivity index (χ4n) is 2.13. The van der Waals surface area contributed by atoms with E-state index in [9.17, 15) is 13.2 Å². The summed E-state index contributed by atoms with van der Waals surface area (Å²) in [5, 5.41) is 12.0. The van der Waals surface area contributed by atoms with Gasteiger partial charge in [0.1, 0.15) is 0 Å². The second-order valence-corrected chi connectivity index (χ2v) is 4.50. The van der Waals surface area contributed by atoms with Gasteiger partial charge in [-0.25, -0.2) is 0 Å². The molecular formula is C14H13F3N2. The number of hydrogen-bond donors (Lipinski definition) is 1. The molecule has 2 rings (SSSR count). The van der Waals surface area contributed by atoms with E-state index in [1.54, 1.807) is 6.07 Å². The largest absolute Gasteiger partial charge is 0.417 e. The molecule has 0 aliphatic heterocycles. The Morgan fingerprint density at radius 2 is 2.05 bits per heavy atom. The van der Waals surface area contributed by atoms with Gasteiger partial charge in [0.25, 0.3) is 0 Å². The maximum Gasteiger partial charge on any atom is 0.417 e. The van der Waals surface area contributed by atoms with Crippen LogP contribution in [-0.4, -0.2) is 6.04 Å². The predicted octanol–water partition coefficient (Wildman–Crippen LogP) is 4.10. The van der Waals surface area contributed by atoms with Crippen molar-refractivity contribution in [3.8, 4) is 6.07 Å². The molecule has 2 nitrogen and oxygen atoms in total. The molecule has 0 fully saturated rings. The highest BCUT2D eigenvalue weighted by atomic mass is 19.4. The minimum absolute atomic E-state index is 0.216. The quantitative estimate of drug-likeness (QED) is 0.818. The molecule has 0 bridgehead atoms. The summed E-state index contributed by atoms with van der Waals surface area (Å²) in [5.74, 6) is 0. The summed E-state index contributed by atoms with van der Waals surface area (Å²) in [6, 6.07) is 5.42. The van der Waals surface area contributed by atoms with E-state index in [2.05, 4.69) is 17.5 Å². The van der Waals surface area contributed by atoms with Crippen LogP contribution in [-0.2, 0) is 6.18 Å². The lowest BCUT2D eigenvalue weighted by molar-refractivity contribution is -0.137. The number of rotatable bonds is 2. The molecule has 5 heteroatoms. The van der Waals surface area contributed by atoms with Crippen molar-refractivity contribution in [3.05, 3.63) is 41.5 Å². The second-order valence-electron chi connectivity index (χ2n) is 4.50. The van der Waals surface area contributed by atoms with Crippen LogP contribution in [0.5, 0.6) is 0 Å². The normalized spacial score (nSPS) is 18.9. The molecule has 1 aromatic carbocycles. The molecule has 0 heterocycles. The van der Waals surface area contributed by atoms with E-state index in [-0.39, 0.29) is 11.6 Å². The number of halogens is 3. The zero-order valence-electron chi connectivity index (χ0n) is 10.2. The summed E-state index contributed by atoms with van der Waals surface area (Å²) in [6.07, 6.45) is 2.41. The Morgan fingerprint density at radius 1 is 1.26 bits per heavy atom. The predicted molar refractivity (Wildman–Crippen MR) is 66.6 cm³/mol. The summed E-state index contributed by atoms with van der Waals surface area (Å²) in [4.78, 5) is 0. The number of nitrogens with zero attached hydrogens (tertiary/aromatic N) is 1. The highest BCUT2D eigenvalue weighted by molar-refractivity contribution is 5.54. The van der Waals surface area contributed by atoms with Crippen molar-refractivity contribution in [1.82, 2.24) is 0 Å². The average Bonchev–Trinajstić information content (AvgIpc) is 2.38. The van der Waals surface area contributed by atoms with Gasteiger partial charge in [0, 0.05) is 11.7 Å². The third-order valence-electron chi connectivity index (χ3n) is 3.09. The van der Waals surface area contributed by atoms with E-state index in [0.717, 1.165) is 25.3 Å². The van der Waals surface area contributed by atoms with Gasteiger partial charge < -0.3 is 5.32 Å². The van der Waals surface area contributed by atoms with E-state index < -0.39 is 11.7 Å². The molecule has 0 radical (unpaired) electrons. The van der Waals surface area contributed by atoms with Crippen LogP contribution >= 0.6 is 0 Å². The van der Waals surface area contributed by atoms with Crippen molar-refractivity contribution in [2.24, 2.45) is 0 Å². The molecule has 1 N–H and O–H groups in total. The zero-order chi connectivity index (χ0) is 13.9. The van der Waals surface area contributed by atoms with Crippen LogP contribution in [0.15, 0.2) is 30.4 Å². The van der Waals surface area contributed by atoms with Crippen LogP contribution in [0.4, 0.5) is 18.9 Å². The summed E-state index contributed by atoms with van der Waals surface area (Å²) in [6.45, 7) is 0. The molecule has 1 aliphatic rings. The van der Waals surface area contributed by atoms with Crippen LogP contribution in [0.25, 0.3) is 0 Å². The first kappa shape index (κ1) is 13.5. The van der Waals surface area contributed by atoms with Crippen molar-refractivity contribution in [3.63, 3.8) is 0 Å². The minimum Gasteiger partial charge on any atom is -0.382 e. The fourth-order valence-corrected chi connectivity index (χ4v) is 2.13. The van der Waals surface area contributed by atoms with Crippen LogP contribution in [0.1, 0.15) is 30.4 Å². The topological polar surface area (TPSA) is 35.8 Å². The zero-order valence-corrected chi connectivity index (χ0v) is 10.2. The number of alkyl halides is 3. The molecule has 1 aliphatic carbocycles. The smallest absolute Gasteiger partial charge is 0.382 e. The first-order valence-corrected chi connectivity index (χ1v) is 6.03. The molecule has 1 unspecified atom stereocenters. The van der Waals surface area contributed by atoms with Gasteiger partial charge in [-0.3, -0.25) is 0 Å². The number of allylic oxidation sites excluding steroid dienone is 1. The molecule has 1 atom stereocenters. The van der Waals surface area contributed by atoms with Gasteiger partial charge >= 0.3 is 6.18 Å². The number of benzene rings is 1. The lowest BCUT2D eigenvalue weighted by atomic mass is 10.0. The minimum atomic E-state index is -4.49. The summed E-state index contributed by atoms with van der Waals surface area (Å²) >= 11 is 0. The maximum atomic E-state index is 12.6. The van der Waals surface area contributed by atoms with E-state index in [1.165, 1.54) is 12.1 Å². The maximum absolute atomic E-state index is 12.6. The van der Waals surface area contributed by atoms with Crippen molar-refractivity contribution < 1.29 is 13.2 Å². The van der Waals surface area contributed by atoms with Crippen molar-refractivity contribution in [1.29, 1.82) is 5.26 Å². The summed E-state index contributed by atoms with van der Waals surface area (Å²) in [5.41, 5.74) is -0.669. The van der Waals surface area contributed by atoms with E-state index in [4.69, 9.17) is 5.26 Å². The van der Waals surface area contributed by atoms with Gasteiger partial charge in [0.15, 0.2) is 0 Å². The van der Waals surface area contributed by atoms with E-state index >= 15 is 0 Å². The summed E-state index contributed by atoms with van der Waals surface area (Å²) in [7, 11) is 0. The Balaban J connectivity index is 2.20. The monoisotopic (exact) mass is 266 g/mol. The van der Waals surface area contributed by atoms with Crippen molar-refractivity contribution in [2.75, 3.05) is 5.32 Å². The first-order chi connectivity index (χ1) is 9.00. The standard InChI is InChI=1S/C14H13F3N2/c15-14(16,17)13-7-6-12(8-10(13)9-18)19-11-4-2-1-3-5-11/h1-2,6-8,11,19H,3-5H2. The molecule has 1 aromatic rings. The van der Waals surface area contributed by atoms with Gasteiger partial charge in [0.2, 0.25) is 0 Å². The summed E-state index contributed by atoms with van der Waals surface area (Å²) < 4.78 is 37.9. The number of nitriles is 1. The highest BCUT2D eigenvalue weighted by Gasteiger charge is 2.33. The van der Waals surface area contributed by atoms with Crippen molar-refractivity contribution >= 4 is 5.69 Å². The molecular weight excluding hydrogens is 253 g/mol. The Kier molecular flexibility index (Phi) is 3.79. The molecule has 19 heavy (non-hydrogen) atoms. The van der Waals surface area contributed by atoms with Crippen LogP contribution in [0.2, 0.25) is 0 Å². The first-order valence-electron chi connectivity index (χ1n) is 6.03. The Labute approximate surface area is 109 Å².